The molecule has 0 bridgehead atoms. The highest BCUT2D eigenvalue weighted by Crippen LogP contribution is 2.47. The predicted molar refractivity (Wildman–Crippen MR) is 110 cm³/mol. The van der Waals surface area contributed by atoms with Crippen LogP contribution in [0, 0.1) is 15.9 Å². The second-order valence-corrected chi connectivity index (χ2v) is 7.27. The van der Waals surface area contributed by atoms with E-state index in [1.165, 1.54) is 47.6 Å². The average Bonchev–Trinajstić information content (AvgIpc) is 3.50. The van der Waals surface area contributed by atoms with Crippen LogP contribution in [-0.2, 0) is 0 Å². The van der Waals surface area contributed by atoms with E-state index in [9.17, 15) is 19.3 Å². The second kappa shape index (κ2) is 7.34. The Kier molecular flexibility index (Phi) is 4.47. The molecule has 0 saturated heterocycles. The maximum absolute atomic E-state index is 14.1. The van der Waals surface area contributed by atoms with Gasteiger partial charge in [0, 0.05) is 6.07 Å². The molecule has 2 aromatic carbocycles. The molecule has 0 aliphatic heterocycles. The topological polar surface area (TPSA) is 154 Å². The molecule has 1 fully saturated rings. The van der Waals surface area contributed by atoms with Crippen molar-refractivity contribution in [1.29, 1.82) is 0 Å². The number of non-ortho nitro benzene ring substituents is 1. The van der Waals surface area contributed by atoms with Crippen LogP contribution in [0.15, 0.2) is 47.4 Å². The number of nitrogens with zero attached hydrogens (tertiary/aromatic N) is 6. The molecule has 2 aromatic heterocycles. The number of halogens is 1. The number of carbonyl (C=O) groups is 1. The van der Waals surface area contributed by atoms with Gasteiger partial charge >= 0.3 is 5.69 Å². The van der Waals surface area contributed by atoms with Gasteiger partial charge in [0.15, 0.2) is 5.52 Å². The van der Waals surface area contributed by atoms with Crippen molar-refractivity contribution in [2.75, 3.05) is 10.6 Å². The lowest BCUT2D eigenvalue weighted by atomic mass is 10.1. The van der Waals surface area contributed by atoms with E-state index in [4.69, 9.17) is 10.4 Å². The maximum Gasteiger partial charge on any atom is 0.300 e. The number of carbonyl (C=O) groups excluding carboxylic acids is 1. The van der Waals surface area contributed by atoms with E-state index in [2.05, 4.69) is 20.3 Å². The summed E-state index contributed by atoms with van der Waals surface area (Å²) in [7, 11) is 0. The van der Waals surface area contributed by atoms with Gasteiger partial charge in [-0.2, -0.15) is 0 Å². The number of rotatable bonds is 5. The lowest BCUT2D eigenvalue weighted by molar-refractivity contribution is -0.383. The first kappa shape index (κ1) is 19.5. The number of benzene rings is 2. The van der Waals surface area contributed by atoms with Crippen LogP contribution in [0.4, 0.5) is 27.3 Å². The standard InChI is InChI=1S/C20H14FN7O4/c21-11-3-4-14(12(7-11)10-1-2-10)27(20(29)13-8-23-9-17(22)24-13)15-5-6-16(28(30)31)19-18(15)25-32-26-19/h3-10H,1-2H2,(H2,22,24). The molecule has 1 amide bonds. The van der Waals surface area contributed by atoms with E-state index in [0.29, 0.717) is 11.3 Å². The molecule has 11 nitrogen and oxygen atoms in total. The van der Waals surface area contributed by atoms with Crippen molar-refractivity contribution < 1.29 is 18.7 Å². The Morgan fingerprint density at radius 1 is 1.16 bits per heavy atom. The molecule has 0 radical (unpaired) electrons. The fourth-order valence-corrected chi connectivity index (χ4v) is 3.57. The van der Waals surface area contributed by atoms with Gasteiger partial charge in [-0.1, -0.05) is 0 Å². The third-order valence-electron chi connectivity index (χ3n) is 5.13. The quantitative estimate of drug-likeness (QED) is 0.366. The maximum atomic E-state index is 14.1. The van der Waals surface area contributed by atoms with Crippen LogP contribution >= 0.6 is 0 Å². The summed E-state index contributed by atoms with van der Waals surface area (Å²) in [5.41, 5.74) is 6.35. The summed E-state index contributed by atoms with van der Waals surface area (Å²) in [5.74, 6) is -0.957. The number of nitrogens with two attached hydrogens (primary N) is 1. The number of hydrogen-bond donors (Lipinski definition) is 1. The van der Waals surface area contributed by atoms with Gasteiger partial charge in [-0.05, 0) is 58.9 Å². The molecule has 1 aliphatic carbocycles. The van der Waals surface area contributed by atoms with E-state index >= 15 is 0 Å². The third-order valence-corrected chi connectivity index (χ3v) is 5.13. The molecule has 1 aliphatic rings. The van der Waals surface area contributed by atoms with Crippen LogP contribution in [0.25, 0.3) is 11.0 Å². The number of amides is 1. The van der Waals surface area contributed by atoms with Crippen molar-refractivity contribution in [3.8, 4) is 0 Å². The Balaban J connectivity index is 1.76. The SMILES string of the molecule is Nc1cncc(C(=O)N(c2ccc(F)cc2C2CC2)c2ccc([N+](=O)[O-])c3nonc23)n1. The highest BCUT2D eigenvalue weighted by atomic mass is 19.1. The fourth-order valence-electron chi connectivity index (χ4n) is 3.57. The Bertz CT molecular complexity index is 1390. The molecule has 160 valence electrons. The third kappa shape index (κ3) is 3.27. The largest absolute Gasteiger partial charge is 0.382 e. The highest BCUT2D eigenvalue weighted by molar-refractivity contribution is 6.14. The molecular weight excluding hydrogens is 421 g/mol. The first-order valence-corrected chi connectivity index (χ1v) is 9.55. The van der Waals surface area contributed by atoms with Crippen molar-refractivity contribution in [1.82, 2.24) is 20.3 Å². The number of hydrogen-bond acceptors (Lipinski definition) is 9. The van der Waals surface area contributed by atoms with Crippen LogP contribution in [0.3, 0.4) is 0 Å². The van der Waals surface area contributed by atoms with Gasteiger partial charge < -0.3 is 5.73 Å². The molecular formula is C20H14FN7O4. The minimum Gasteiger partial charge on any atom is -0.382 e. The summed E-state index contributed by atoms with van der Waals surface area (Å²) in [6.07, 6.45) is 4.23. The highest BCUT2D eigenvalue weighted by Gasteiger charge is 2.34. The fraction of sp³-hybridized carbons (Fsp3) is 0.150. The van der Waals surface area contributed by atoms with Gasteiger partial charge in [0.1, 0.15) is 17.3 Å². The summed E-state index contributed by atoms with van der Waals surface area (Å²) in [6.45, 7) is 0. The number of nitrogen functional groups attached to an aromatic ring is 1. The zero-order valence-electron chi connectivity index (χ0n) is 16.3. The van der Waals surface area contributed by atoms with E-state index in [0.717, 1.165) is 12.8 Å². The number of aromatic nitrogens is 4. The second-order valence-electron chi connectivity index (χ2n) is 7.27. The van der Waals surface area contributed by atoms with Gasteiger partial charge in [-0.25, -0.2) is 14.0 Å². The van der Waals surface area contributed by atoms with Crippen molar-refractivity contribution in [3.63, 3.8) is 0 Å². The predicted octanol–water partition coefficient (Wildman–Crippen LogP) is 3.50. The zero-order valence-corrected chi connectivity index (χ0v) is 16.3. The van der Waals surface area contributed by atoms with Gasteiger partial charge in [-0.3, -0.25) is 24.8 Å². The van der Waals surface area contributed by atoms with Crippen molar-refractivity contribution >= 4 is 39.8 Å². The lowest BCUT2D eigenvalue weighted by Gasteiger charge is -2.25. The van der Waals surface area contributed by atoms with Gasteiger partial charge in [-0.15, -0.1) is 0 Å². The van der Waals surface area contributed by atoms with Gasteiger partial charge in [0.05, 0.1) is 28.7 Å². The Morgan fingerprint density at radius 3 is 2.62 bits per heavy atom. The van der Waals surface area contributed by atoms with Crippen molar-refractivity contribution in [2.45, 2.75) is 18.8 Å². The van der Waals surface area contributed by atoms with Crippen molar-refractivity contribution in [3.05, 3.63) is 69.9 Å². The van der Waals surface area contributed by atoms with E-state index in [1.807, 2.05) is 0 Å². The molecule has 0 spiro atoms. The summed E-state index contributed by atoms with van der Waals surface area (Å²) in [5, 5.41) is 18.8. The van der Waals surface area contributed by atoms with Crippen LogP contribution < -0.4 is 10.6 Å². The summed E-state index contributed by atoms with van der Waals surface area (Å²) >= 11 is 0. The van der Waals surface area contributed by atoms with Crippen LogP contribution in [0.1, 0.15) is 34.8 Å². The number of nitro benzene ring substituents is 1. The first-order chi connectivity index (χ1) is 15.4. The molecule has 32 heavy (non-hydrogen) atoms. The van der Waals surface area contributed by atoms with E-state index in [1.54, 1.807) is 0 Å². The van der Waals surface area contributed by atoms with Gasteiger partial charge in [0.2, 0.25) is 5.52 Å². The normalized spacial score (nSPS) is 13.3. The lowest BCUT2D eigenvalue weighted by Crippen LogP contribution is -2.28. The molecule has 1 saturated carbocycles. The molecule has 12 heteroatoms. The average molecular weight is 435 g/mol. The number of fused-ring (bicyclic) bond motifs is 1. The minimum atomic E-state index is -0.628. The smallest absolute Gasteiger partial charge is 0.300 e. The molecule has 5 rings (SSSR count). The summed E-state index contributed by atoms with van der Waals surface area (Å²) < 4.78 is 18.8. The van der Waals surface area contributed by atoms with Crippen LogP contribution in [0.5, 0.6) is 0 Å². The van der Waals surface area contributed by atoms with Crippen LogP contribution in [-0.4, -0.2) is 31.1 Å². The Morgan fingerprint density at radius 2 is 1.91 bits per heavy atom. The Hall–Kier alpha value is -4.48. The Labute approximate surface area is 178 Å². The van der Waals surface area contributed by atoms with E-state index < -0.39 is 16.6 Å². The van der Waals surface area contributed by atoms with Crippen molar-refractivity contribution in [2.24, 2.45) is 0 Å². The van der Waals surface area contributed by atoms with Crippen LogP contribution in [0.2, 0.25) is 0 Å². The summed E-state index contributed by atoms with van der Waals surface area (Å²) in [6, 6.07) is 6.65. The molecule has 2 heterocycles. The summed E-state index contributed by atoms with van der Waals surface area (Å²) in [4.78, 5) is 33.6. The first-order valence-electron chi connectivity index (χ1n) is 9.55. The molecule has 4 aromatic rings. The van der Waals surface area contributed by atoms with E-state index in [-0.39, 0.29) is 39.8 Å². The molecule has 0 unspecified atom stereocenters. The monoisotopic (exact) mass is 435 g/mol. The molecule has 2 N–H and O–H groups in total. The number of nitro groups is 1. The minimum absolute atomic E-state index is 0.00418. The number of anilines is 3. The molecule has 0 atom stereocenters. The van der Waals surface area contributed by atoms with Gasteiger partial charge in [0.25, 0.3) is 5.91 Å². The zero-order chi connectivity index (χ0) is 22.4.